The van der Waals surface area contributed by atoms with Crippen molar-refractivity contribution >= 4 is 34.1 Å². The van der Waals surface area contributed by atoms with Crippen molar-refractivity contribution in [1.29, 1.82) is 0 Å². The highest BCUT2D eigenvalue weighted by molar-refractivity contribution is 5.96. The second kappa shape index (κ2) is 30.3. The smallest absolute Gasteiger partial charge is 0.0714 e. The molecule has 0 aliphatic heterocycles. The minimum absolute atomic E-state index is 0.555. The molecule has 0 aromatic heterocycles. The zero-order chi connectivity index (χ0) is 78.4. The standard InChI is InChI=1S/C116H80N2/c1-8-27-81(28-9-1)84-47-49-86(50-48-84)89-59-66-100(67-60-89)117(103-72-74-107-106-44-22-24-45-110(106)115(112(107)79-103,96-35-14-4-15-36-96)97-37-16-5-17-38-97)101-68-61-90(62-69-101)87-51-53-91(54-52-87)93-33-26-34-94(77-93)95-65-76-111-109(78-95)108-75-73-104(80-113(108)116(111,98-39-18-6-19-40-98)99-41-20-7-21-42-99)118(102-70-63-88(64-71-102)83-31-12-3-13-32-83)114-46-25-23-43-105(114)92-57-55-85(56-58-92)82-29-10-2-11-30-82/h1-80H. The van der Waals surface area contributed by atoms with Crippen molar-refractivity contribution in [3.05, 3.63) is 530 Å². The molecule has 0 spiro atoms. The molecule has 21 rings (SSSR count). The van der Waals surface area contributed by atoms with Crippen LogP contribution in [-0.4, -0.2) is 0 Å². The Labute approximate surface area is 691 Å². The van der Waals surface area contributed by atoms with Gasteiger partial charge < -0.3 is 9.80 Å². The highest BCUT2D eigenvalue weighted by Crippen LogP contribution is 2.60. The number of hydrogen-bond acceptors (Lipinski definition) is 2. The first-order valence-corrected chi connectivity index (χ1v) is 40.8. The number of fused-ring (bicyclic) bond motifs is 6. The van der Waals surface area contributed by atoms with Gasteiger partial charge in [0.05, 0.1) is 16.5 Å². The van der Waals surface area contributed by atoms with E-state index >= 15 is 0 Å². The Balaban J connectivity index is 0.628. The van der Waals surface area contributed by atoms with E-state index in [9.17, 15) is 0 Å². The maximum absolute atomic E-state index is 2.49. The Morgan fingerprint density at radius 2 is 0.381 bits per heavy atom. The number of nitrogens with zero attached hydrogens (tertiary/aromatic N) is 2. The molecular weight excluding hydrogens is 1420 g/mol. The first kappa shape index (κ1) is 70.6. The van der Waals surface area contributed by atoms with E-state index in [1.54, 1.807) is 0 Å². The van der Waals surface area contributed by atoms with Crippen molar-refractivity contribution in [1.82, 2.24) is 0 Å². The van der Waals surface area contributed by atoms with Crippen LogP contribution in [-0.2, 0) is 10.8 Å². The minimum atomic E-state index is -0.667. The Morgan fingerprint density at radius 3 is 0.797 bits per heavy atom. The zero-order valence-electron chi connectivity index (χ0n) is 65.1. The number of anilines is 6. The molecule has 0 fully saturated rings. The van der Waals surface area contributed by atoms with Gasteiger partial charge in [0.15, 0.2) is 0 Å². The molecule has 118 heavy (non-hydrogen) atoms. The van der Waals surface area contributed by atoms with Crippen LogP contribution in [0.3, 0.4) is 0 Å². The van der Waals surface area contributed by atoms with E-state index in [0.29, 0.717) is 0 Å². The molecule has 0 atom stereocenters. The first-order chi connectivity index (χ1) is 58.5. The van der Waals surface area contributed by atoms with Gasteiger partial charge in [-0.1, -0.05) is 406 Å². The normalized spacial score (nSPS) is 12.5. The van der Waals surface area contributed by atoms with E-state index in [0.717, 1.165) is 84.2 Å². The summed E-state index contributed by atoms with van der Waals surface area (Å²) in [6, 6.07) is 179. The third-order valence-electron chi connectivity index (χ3n) is 24.5. The summed E-state index contributed by atoms with van der Waals surface area (Å²) in [4.78, 5) is 4.90. The van der Waals surface area contributed by atoms with Crippen LogP contribution in [0.25, 0.3) is 111 Å². The molecule has 2 heteroatoms. The van der Waals surface area contributed by atoms with E-state index in [-0.39, 0.29) is 0 Å². The SMILES string of the molecule is c1ccc(-c2ccc(-c3ccc(N(c4ccc(-c5ccc(-c6cccc(-c7ccc8c(c7)-c7ccc(N(c9ccc(-c%10ccccc%10)cc9)c9ccccc9-c9ccc(-c%10ccccc%10)cc9)cc7C8(c7ccccc7)c7ccccc7)c6)cc5)cc4)c4ccc5c(c4)C(c4ccccc4)(c4ccccc4)c4ccccc4-5)cc3)cc2)cc1. The molecule has 19 aromatic carbocycles. The molecule has 19 aromatic rings. The van der Waals surface area contributed by atoms with Crippen molar-refractivity contribution in [2.45, 2.75) is 10.8 Å². The Morgan fingerprint density at radius 1 is 0.127 bits per heavy atom. The van der Waals surface area contributed by atoms with Gasteiger partial charge in [0, 0.05) is 34.0 Å². The summed E-state index contributed by atoms with van der Waals surface area (Å²) in [6.45, 7) is 0. The third kappa shape index (κ3) is 12.5. The van der Waals surface area contributed by atoms with Gasteiger partial charge in [0.25, 0.3) is 0 Å². The van der Waals surface area contributed by atoms with E-state index in [2.05, 4.69) is 495 Å². The molecule has 0 amide bonds. The lowest BCUT2D eigenvalue weighted by Gasteiger charge is -2.35. The number of hydrogen-bond donors (Lipinski definition) is 0. The van der Waals surface area contributed by atoms with Crippen LogP contribution >= 0.6 is 0 Å². The second-order valence-electron chi connectivity index (χ2n) is 31.0. The molecule has 0 saturated carbocycles. The fourth-order valence-electron chi connectivity index (χ4n) is 18.9. The van der Waals surface area contributed by atoms with E-state index in [1.165, 1.54) is 106 Å². The fraction of sp³-hybridized carbons (Fsp3) is 0.0172. The van der Waals surface area contributed by atoms with Gasteiger partial charge in [-0.3, -0.25) is 0 Å². The summed E-state index contributed by atoms with van der Waals surface area (Å²) in [7, 11) is 0. The summed E-state index contributed by atoms with van der Waals surface area (Å²) in [5, 5.41) is 0. The average Bonchev–Trinajstić information content (AvgIpc) is 1.54. The molecule has 0 radical (unpaired) electrons. The van der Waals surface area contributed by atoms with Gasteiger partial charge in [-0.05, 0) is 229 Å². The van der Waals surface area contributed by atoms with Gasteiger partial charge in [-0.25, -0.2) is 0 Å². The Kier molecular flexibility index (Phi) is 18.1. The summed E-state index contributed by atoms with van der Waals surface area (Å²) < 4.78 is 0. The van der Waals surface area contributed by atoms with Crippen LogP contribution in [0.2, 0.25) is 0 Å². The van der Waals surface area contributed by atoms with Crippen LogP contribution in [0.1, 0.15) is 44.5 Å². The molecule has 0 bridgehead atoms. The minimum Gasteiger partial charge on any atom is -0.310 e. The molecule has 0 unspecified atom stereocenters. The number of para-hydroxylation sites is 1. The highest BCUT2D eigenvalue weighted by Gasteiger charge is 2.48. The zero-order valence-corrected chi connectivity index (χ0v) is 65.1. The van der Waals surface area contributed by atoms with Gasteiger partial charge >= 0.3 is 0 Å². The molecule has 0 N–H and O–H groups in total. The third-order valence-corrected chi connectivity index (χ3v) is 24.5. The monoisotopic (exact) mass is 1500 g/mol. The Bertz CT molecular complexity index is 6730. The van der Waals surface area contributed by atoms with Crippen molar-refractivity contribution in [3.8, 4) is 111 Å². The van der Waals surface area contributed by atoms with Crippen LogP contribution in [0, 0.1) is 0 Å². The molecule has 554 valence electrons. The van der Waals surface area contributed by atoms with Crippen molar-refractivity contribution in [2.24, 2.45) is 0 Å². The van der Waals surface area contributed by atoms with Crippen molar-refractivity contribution in [2.75, 3.05) is 9.80 Å². The maximum atomic E-state index is 2.49. The van der Waals surface area contributed by atoms with Gasteiger partial charge in [-0.15, -0.1) is 0 Å². The first-order valence-electron chi connectivity index (χ1n) is 40.8. The van der Waals surface area contributed by atoms with Crippen molar-refractivity contribution in [3.63, 3.8) is 0 Å². The number of rotatable bonds is 18. The largest absolute Gasteiger partial charge is 0.310 e. The average molecular weight is 1500 g/mol. The lowest BCUT2D eigenvalue weighted by atomic mass is 9.67. The lowest BCUT2D eigenvalue weighted by Crippen LogP contribution is -2.28. The summed E-state index contributed by atoms with van der Waals surface area (Å²) >= 11 is 0. The predicted molar refractivity (Wildman–Crippen MR) is 494 cm³/mol. The van der Waals surface area contributed by atoms with Crippen LogP contribution in [0.4, 0.5) is 34.1 Å². The van der Waals surface area contributed by atoms with Crippen LogP contribution in [0.15, 0.2) is 485 Å². The lowest BCUT2D eigenvalue weighted by molar-refractivity contribution is 0.768. The summed E-state index contributed by atoms with van der Waals surface area (Å²) in [5.74, 6) is 0. The summed E-state index contributed by atoms with van der Waals surface area (Å²) in [5.41, 5.74) is 38.8. The van der Waals surface area contributed by atoms with E-state index in [1.807, 2.05) is 0 Å². The Hall–Kier alpha value is -15.2. The molecule has 2 aliphatic rings. The van der Waals surface area contributed by atoms with Crippen molar-refractivity contribution < 1.29 is 0 Å². The molecule has 0 saturated heterocycles. The topological polar surface area (TPSA) is 6.48 Å². The van der Waals surface area contributed by atoms with Crippen LogP contribution in [0.5, 0.6) is 0 Å². The maximum Gasteiger partial charge on any atom is 0.0714 e. The molecule has 0 heterocycles. The molecular formula is C116H80N2. The van der Waals surface area contributed by atoms with E-state index < -0.39 is 10.8 Å². The number of benzene rings is 19. The molecule has 2 aliphatic carbocycles. The van der Waals surface area contributed by atoms with Crippen LogP contribution < -0.4 is 9.80 Å². The van der Waals surface area contributed by atoms with Gasteiger partial charge in [0.2, 0.25) is 0 Å². The predicted octanol–water partition coefficient (Wildman–Crippen LogP) is 30.7. The molecule has 2 nitrogen and oxygen atoms in total. The summed E-state index contributed by atoms with van der Waals surface area (Å²) in [6.07, 6.45) is 0. The van der Waals surface area contributed by atoms with Gasteiger partial charge in [0.1, 0.15) is 0 Å². The second-order valence-corrected chi connectivity index (χ2v) is 31.0. The fourth-order valence-corrected chi connectivity index (χ4v) is 18.9. The quantitative estimate of drug-likeness (QED) is 0.0845. The van der Waals surface area contributed by atoms with Gasteiger partial charge in [-0.2, -0.15) is 0 Å². The highest BCUT2D eigenvalue weighted by atomic mass is 15.1. The van der Waals surface area contributed by atoms with E-state index in [4.69, 9.17) is 0 Å².